The molecule has 0 atom stereocenters. The molecule has 1 aliphatic heterocycles. The van der Waals surface area contributed by atoms with Gasteiger partial charge in [0.2, 0.25) is 5.91 Å². The predicted octanol–water partition coefficient (Wildman–Crippen LogP) is 4.77. The van der Waals surface area contributed by atoms with Crippen LogP contribution >= 0.6 is 0 Å². The molecule has 6 nitrogen and oxygen atoms in total. The van der Waals surface area contributed by atoms with Gasteiger partial charge in [-0.1, -0.05) is 24.3 Å². The lowest BCUT2D eigenvalue weighted by atomic mass is 9.73. The van der Waals surface area contributed by atoms with E-state index in [0.717, 1.165) is 11.3 Å². The minimum Gasteiger partial charge on any atom is -0.497 e. The largest absolute Gasteiger partial charge is 0.497 e. The number of halogens is 1. The smallest absolute Gasteiger partial charge is 0.258 e. The van der Waals surface area contributed by atoms with Crippen LogP contribution in [-0.4, -0.2) is 32.1 Å². The normalized spacial score (nSPS) is 14.8. The Bertz CT molecular complexity index is 1120. The third kappa shape index (κ3) is 4.88. The van der Waals surface area contributed by atoms with E-state index in [1.165, 1.54) is 18.2 Å². The molecule has 33 heavy (non-hydrogen) atoms. The van der Waals surface area contributed by atoms with Gasteiger partial charge in [-0.3, -0.25) is 9.59 Å². The SMILES string of the molecule is COc1ccc(C2(C(=O)Nc3ccc(NC(=O)c4ccccc4F)cc3)CCOCC2)cc1. The Balaban J connectivity index is 1.48. The van der Waals surface area contributed by atoms with Gasteiger partial charge >= 0.3 is 0 Å². The fourth-order valence-corrected chi connectivity index (χ4v) is 4.01. The molecule has 4 rings (SSSR count). The average Bonchev–Trinajstić information content (AvgIpc) is 2.86. The van der Waals surface area contributed by atoms with Crippen molar-refractivity contribution in [1.82, 2.24) is 0 Å². The van der Waals surface area contributed by atoms with Crippen molar-refractivity contribution >= 4 is 23.2 Å². The second-order valence-corrected chi connectivity index (χ2v) is 7.89. The third-order valence-electron chi connectivity index (χ3n) is 5.94. The van der Waals surface area contributed by atoms with Crippen molar-refractivity contribution in [3.63, 3.8) is 0 Å². The van der Waals surface area contributed by atoms with E-state index in [4.69, 9.17) is 9.47 Å². The quantitative estimate of drug-likeness (QED) is 0.569. The number of anilines is 2. The van der Waals surface area contributed by atoms with Gasteiger partial charge in [0.15, 0.2) is 0 Å². The Hall–Kier alpha value is -3.71. The van der Waals surface area contributed by atoms with Crippen molar-refractivity contribution in [2.45, 2.75) is 18.3 Å². The monoisotopic (exact) mass is 448 g/mol. The van der Waals surface area contributed by atoms with Crippen LogP contribution in [0.15, 0.2) is 72.8 Å². The van der Waals surface area contributed by atoms with Gasteiger partial charge in [0.25, 0.3) is 5.91 Å². The molecule has 0 unspecified atom stereocenters. The van der Waals surface area contributed by atoms with E-state index in [-0.39, 0.29) is 11.5 Å². The number of ether oxygens (including phenoxy) is 2. The Morgan fingerprint density at radius 2 is 1.48 bits per heavy atom. The molecule has 170 valence electrons. The van der Waals surface area contributed by atoms with Crippen molar-refractivity contribution in [2.24, 2.45) is 0 Å². The van der Waals surface area contributed by atoms with Crippen LogP contribution in [0.3, 0.4) is 0 Å². The fraction of sp³-hybridized carbons (Fsp3) is 0.231. The number of nitrogens with one attached hydrogen (secondary N) is 2. The standard InChI is InChI=1S/C26H25FN2O4/c1-32-21-12-6-18(7-13-21)26(14-16-33-17-15-26)25(31)29-20-10-8-19(9-11-20)28-24(30)22-4-2-3-5-23(22)27/h2-13H,14-17H2,1H3,(H,28,30)(H,29,31). The van der Waals surface area contributed by atoms with Gasteiger partial charge in [-0.15, -0.1) is 0 Å². The van der Waals surface area contributed by atoms with Gasteiger partial charge in [0.1, 0.15) is 11.6 Å². The molecule has 0 bridgehead atoms. The third-order valence-corrected chi connectivity index (χ3v) is 5.94. The molecular weight excluding hydrogens is 423 g/mol. The highest BCUT2D eigenvalue weighted by Gasteiger charge is 2.41. The number of hydrogen-bond donors (Lipinski definition) is 2. The second-order valence-electron chi connectivity index (χ2n) is 7.89. The number of carbonyl (C=O) groups is 2. The van der Waals surface area contributed by atoms with Gasteiger partial charge in [-0.2, -0.15) is 0 Å². The van der Waals surface area contributed by atoms with E-state index < -0.39 is 17.1 Å². The summed E-state index contributed by atoms with van der Waals surface area (Å²) < 4.78 is 24.6. The second kappa shape index (κ2) is 9.83. The van der Waals surface area contributed by atoms with E-state index in [2.05, 4.69) is 10.6 Å². The van der Waals surface area contributed by atoms with Crippen molar-refractivity contribution in [2.75, 3.05) is 31.0 Å². The molecule has 1 aliphatic rings. The van der Waals surface area contributed by atoms with E-state index >= 15 is 0 Å². The zero-order chi connectivity index (χ0) is 23.3. The lowest BCUT2D eigenvalue weighted by molar-refractivity contribution is -0.125. The lowest BCUT2D eigenvalue weighted by Crippen LogP contribution is -2.44. The summed E-state index contributed by atoms with van der Waals surface area (Å²) in [6, 6.07) is 20.1. The van der Waals surface area contributed by atoms with Crippen molar-refractivity contribution in [3.8, 4) is 5.75 Å². The highest BCUT2D eigenvalue weighted by atomic mass is 19.1. The topological polar surface area (TPSA) is 76.7 Å². The zero-order valence-electron chi connectivity index (χ0n) is 18.3. The minimum atomic E-state index is -0.706. The average molecular weight is 448 g/mol. The number of methoxy groups -OCH3 is 1. The molecule has 0 aromatic heterocycles. The molecule has 3 aromatic carbocycles. The molecule has 2 amide bonds. The molecule has 3 aromatic rings. The maximum atomic E-state index is 13.8. The van der Waals surface area contributed by atoms with E-state index in [1.807, 2.05) is 24.3 Å². The zero-order valence-corrected chi connectivity index (χ0v) is 18.3. The first-order valence-corrected chi connectivity index (χ1v) is 10.7. The van der Waals surface area contributed by atoms with Gasteiger partial charge in [0.05, 0.1) is 18.1 Å². The first-order valence-electron chi connectivity index (χ1n) is 10.7. The summed E-state index contributed by atoms with van der Waals surface area (Å²) in [7, 11) is 1.61. The summed E-state index contributed by atoms with van der Waals surface area (Å²) in [5.74, 6) is -0.502. The first kappa shape index (κ1) is 22.5. The molecule has 1 saturated heterocycles. The van der Waals surface area contributed by atoms with Crippen LogP contribution in [0.1, 0.15) is 28.8 Å². The van der Waals surface area contributed by atoms with Gasteiger partial charge in [-0.05, 0) is 66.9 Å². The maximum absolute atomic E-state index is 13.8. The van der Waals surface area contributed by atoms with Gasteiger partial charge < -0.3 is 20.1 Å². The molecular formula is C26H25FN2O4. The fourth-order valence-electron chi connectivity index (χ4n) is 4.01. The molecule has 0 radical (unpaired) electrons. The molecule has 7 heteroatoms. The van der Waals surface area contributed by atoms with Crippen molar-refractivity contribution < 1.29 is 23.5 Å². The van der Waals surface area contributed by atoms with Crippen LogP contribution in [-0.2, 0) is 14.9 Å². The van der Waals surface area contributed by atoms with Crippen LogP contribution in [0.25, 0.3) is 0 Å². The molecule has 2 N–H and O–H groups in total. The summed E-state index contributed by atoms with van der Waals surface area (Å²) in [4.78, 5) is 25.7. The molecule has 0 aliphatic carbocycles. The number of amides is 2. The summed E-state index contributed by atoms with van der Waals surface area (Å²) in [6.45, 7) is 1.00. The van der Waals surface area contributed by atoms with E-state index in [0.29, 0.717) is 37.4 Å². The molecule has 0 saturated carbocycles. The number of carbonyl (C=O) groups excluding carboxylic acids is 2. The number of hydrogen-bond acceptors (Lipinski definition) is 4. The Labute approximate surface area is 191 Å². The Kier molecular flexibility index (Phi) is 6.70. The maximum Gasteiger partial charge on any atom is 0.258 e. The van der Waals surface area contributed by atoms with Crippen LogP contribution < -0.4 is 15.4 Å². The Morgan fingerprint density at radius 3 is 2.09 bits per heavy atom. The minimum absolute atomic E-state index is 0.0316. The van der Waals surface area contributed by atoms with Crippen molar-refractivity contribution in [3.05, 3.63) is 89.7 Å². The number of rotatable bonds is 6. The van der Waals surface area contributed by atoms with E-state index in [1.54, 1.807) is 37.4 Å². The summed E-state index contributed by atoms with van der Waals surface area (Å²) in [6.07, 6.45) is 1.14. The van der Waals surface area contributed by atoms with E-state index in [9.17, 15) is 14.0 Å². The summed E-state index contributed by atoms with van der Waals surface area (Å²) in [5.41, 5.74) is 1.27. The van der Waals surface area contributed by atoms with Crippen LogP contribution in [0, 0.1) is 5.82 Å². The Morgan fingerprint density at radius 1 is 0.879 bits per heavy atom. The highest BCUT2D eigenvalue weighted by molar-refractivity contribution is 6.04. The predicted molar refractivity (Wildman–Crippen MR) is 124 cm³/mol. The molecule has 0 spiro atoms. The van der Waals surface area contributed by atoms with Gasteiger partial charge in [0, 0.05) is 24.6 Å². The van der Waals surface area contributed by atoms with Crippen molar-refractivity contribution in [1.29, 1.82) is 0 Å². The first-order chi connectivity index (χ1) is 16.0. The van der Waals surface area contributed by atoms with Crippen LogP contribution in [0.2, 0.25) is 0 Å². The highest BCUT2D eigenvalue weighted by Crippen LogP contribution is 2.37. The molecule has 1 heterocycles. The van der Waals surface area contributed by atoms with Crippen LogP contribution in [0.4, 0.5) is 15.8 Å². The van der Waals surface area contributed by atoms with Crippen LogP contribution in [0.5, 0.6) is 5.75 Å². The summed E-state index contributed by atoms with van der Waals surface area (Å²) >= 11 is 0. The number of benzene rings is 3. The summed E-state index contributed by atoms with van der Waals surface area (Å²) in [5, 5.41) is 5.67. The van der Waals surface area contributed by atoms with Gasteiger partial charge in [-0.25, -0.2) is 4.39 Å². The lowest BCUT2D eigenvalue weighted by Gasteiger charge is -2.36. The molecule has 1 fully saturated rings.